The van der Waals surface area contributed by atoms with Crippen LogP contribution in [-0.2, 0) is 15.6 Å². The molecule has 0 N–H and O–H groups in total. The molecule has 0 amide bonds. The van der Waals surface area contributed by atoms with Crippen molar-refractivity contribution >= 4 is 9.84 Å². The third-order valence-corrected chi connectivity index (χ3v) is 5.96. The molecule has 10 heteroatoms. The second-order valence-electron chi connectivity index (χ2n) is 6.48. The Balaban J connectivity index is 1.96. The number of sulfone groups is 1. The van der Waals surface area contributed by atoms with Gasteiger partial charge in [-0.2, -0.15) is 0 Å². The van der Waals surface area contributed by atoms with Crippen molar-refractivity contribution in [3.63, 3.8) is 0 Å². The Labute approximate surface area is 167 Å². The maximum atomic E-state index is 15.0. The van der Waals surface area contributed by atoms with Gasteiger partial charge in [-0.3, -0.25) is 4.98 Å². The first-order chi connectivity index (χ1) is 13.8. The van der Waals surface area contributed by atoms with Crippen LogP contribution in [0.2, 0.25) is 0 Å². The molecule has 7 nitrogen and oxygen atoms in total. The first-order valence-electron chi connectivity index (χ1n) is 8.94. The highest BCUT2D eigenvalue weighted by molar-refractivity contribution is 7.90. The van der Waals surface area contributed by atoms with Gasteiger partial charge < -0.3 is 4.74 Å². The standard InChI is InChI=1S/C19H20F2N4O3S/c1-3-4-7-29(26,27)12-13-5-6-16(20)19(18(13)21)25-11-17(23-24-25)14-8-15(28-2)10-22-9-14/h5-6,8-11H,3-4,7,12H2,1-2H3. The molecule has 0 radical (unpaired) electrons. The Bertz CT molecular complexity index is 1120. The number of unbranched alkanes of at least 4 members (excludes halogenated alkanes) is 1. The zero-order valence-electron chi connectivity index (χ0n) is 16.0. The molecule has 29 heavy (non-hydrogen) atoms. The summed E-state index contributed by atoms with van der Waals surface area (Å²) in [7, 11) is -2.02. The Morgan fingerprint density at radius 3 is 2.72 bits per heavy atom. The molecule has 0 saturated heterocycles. The van der Waals surface area contributed by atoms with E-state index in [1.54, 1.807) is 6.07 Å². The fourth-order valence-electron chi connectivity index (χ4n) is 2.75. The zero-order valence-corrected chi connectivity index (χ0v) is 16.8. The average molecular weight is 422 g/mol. The summed E-state index contributed by atoms with van der Waals surface area (Å²) in [5.41, 5.74) is 0.284. The van der Waals surface area contributed by atoms with Crippen LogP contribution >= 0.6 is 0 Å². The lowest BCUT2D eigenvalue weighted by Gasteiger charge is -2.10. The molecule has 154 valence electrons. The van der Waals surface area contributed by atoms with Gasteiger partial charge >= 0.3 is 0 Å². The van der Waals surface area contributed by atoms with E-state index in [-0.39, 0.29) is 11.3 Å². The summed E-state index contributed by atoms with van der Waals surface area (Å²) in [5, 5.41) is 7.73. The Morgan fingerprint density at radius 1 is 1.21 bits per heavy atom. The van der Waals surface area contributed by atoms with E-state index in [4.69, 9.17) is 4.74 Å². The van der Waals surface area contributed by atoms with Gasteiger partial charge in [-0.25, -0.2) is 21.9 Å². The molecule has 0 bridgehead atoms. The molecule has 0 aliphatic carbocycles. The van der Waals surface area contributed by atoms with E-state index in [2.05, 4.69) is 15.3 Å². The molecule has 1 aromatic carbocycles. The number of rotatable bonds is 8. The van der Waals surface area contributed by atoms with Crippen molar-refractivity contribution in [2.24, 2.45) is 0 Å². The van der Waals surface area contributed by atoms with Crippen LogP contribution in [0.5, 0.6) is 5.75 Å². The molecule has 0 aliphatic heterocycles. The van der Waals surface area contributed by atoms with Crippen LogP contribution in [0.1, 0.15) is 25.3 Å². The van der Waals surface area contributed by atoms with Gasteiger partial charge in [-0.1, -0.05) is 24.6 Å². The predicted molar refractivity (Wildman–Crippen MR) is 103 cm³/mol. The second kappa shape index (κ2) is 8.64. The van der Waals surface area contributed by atoms with E-state index >= 15 is 0 Å². The molecule has 0 atom stereocenters. The van der Waals surface area contributed by atoms with Crippen LogP contribution in [0.3, 0.4) is 0 Å². The number of nitrogens with zero attached hydrogens (tertiary/aromatic N) is 4. The number of halogens is 2. The van der Waals surface area contributed by atoms with E-state index in [0.717, 1.165) is 16.8 Å². The maximum absolute atomic E-state index is 15.0. The molecular weight excluding hydrogens is 402 g/mol. The van der Waals surface area contributed by atoms with Crippen molar-refractivity contribution in [3.8, 4) is 22.7 Å². The molecule has 0 unspecified atom stereocenters. The number of pyridine rings is 1. The zero-order chi connectivity index (χ0) is 21.0. The maximum Gasteiger partial charge on any atom is 0.156 e. The highest BCUT2D eigenvalue weighted by Crippen LogP contribution is 2.25. The molecule has 2 heterocycles. The van der Waals surface area contributed by atoms with Crippen molar-refractivity contribution in [2.75, 3.05) is 12.9 Å². The molecule has 3 rings (SSSR count). The largest absolute Gasteiger partial charge is 0.495 e. The van der Waals surface area contributed by atoms with Crippen LogP contribution in [0.15, 0.2) is 36.8 Å². The lowest BCUT2D eigenvalue weighted by Crippen LogP contribution is -2.12. The number of hydrogen-bond acceptors (Lipinski definition) is 6. The summed E-state index contributed by atoms with van der Waals surface area (Å²) in [5.74, 6) is -1.92. The summed E-state index contributed by atoms with van der Waals surface area (Å²) < 4.78 is 59.8. The minimum Gasteiger partial charge on any atom is -0.495 e. The fourth-order valence-corrected chi connectivity index (χ4v) is 4.32. The number of methoxy groups -OCH3 is 1. The predicted octanol–water partition coefficient (Wildman–Crippen LogP) is 3.33. The quantitative estimate of drug-likeness (QED) is 0.553. The van der Waals surface area contributed by atoms with Gasteiger partial charge in [0.1, 0.15) is 17.1 Å². The smallest absolute Gasteiger partial charge is 0.156 e. The van der Waals surface area contributed by atoms with Gasteiger partial charge in [0.2, 0.25) is 0 Å². The Hall–Kier alpha value is -2.88. The fraction of sp³-hybridized carbons (Fsp3) is 0.316. The van der Waals surface area contributed by atoms with Gasteiger partial charge in [0.05, 0.1) is 31.0 Å². The summed E-state index contributed by atoms with van der Waals surface area (Å²) in [6.45, 7) is 1.87. The highest BCUT2D eigenvalue weighted by Gasteiger charge is 2.21. The van der Waals surface area contributed by atoms with E-state index in [1.807, 2.05) is 6.92 Å². The number of hydrogen-bond donors (Lipinski definition) is 0. The SMILES string of the molecule is CCCCS(=O)(=O)Cc1ccc(F)c(-n2cc(-c3cncc(OC)c3)nn2)c1F. The monoisotopic (exact) mass is 422 g/mol. The average Bonchev–Trinajstić information content (AvgIpc) is 3.18. The summed E-state index contributed by atoms with van der Waals surface area (Å²) in [6, 6.07) is 3.82. The summed E-state index contributed by atoms with van der Waals surface area (Å²) in [4.78, 5) is 4.01. The van der Waals surface area contributed by atoms with Crippen molar-refractivity contribution in [1.29, 1.82) is 0 Å². The minimum atomic E-state index is -3.51. The van der Waals surface area contributed by atoms with Gasteiger partial charge in [-0.05, 0) is 18.6 Å². The van der Waals surface area contributed by atoms with Crippen LogP contribution in [0.4, 0.5) is 8.78 Å². The van der Waals surface area contributed by atoms with Crippen molar-refractivity contribution < 1.29 is 21.9 Å². The highest BCUT2D eigenvalue weighted by atomic mass is 32.2. The summed E-state index contributed by atoms with van der Waals surface area (Å²) >= 11 is 0. The summed E-state index contributed by atoms with van der Waals surface area (Å²) in [6.07, 6.45) is 5.56. The van der Waals surface area contributed by atoms with Crippen molar-refractivity contribution in [1.82, 2.24) is 20.0 Å². The molecule has 0 spiro atoms. The molecular formula is C19H20F2N4O3S. The third kappa shape index (κ3) is 4.76. The molecule has 3 aromatic rings. The molecule has 0 aliphatic rings. The van der Waals surface area contributed by atoms with Gasteiger partial charge in [0.15, 0.2) is 21.5 Å². The van der Waals surface area contributed by atoms with E-state index in [1.165, 1.54) is 25.7 Å². The molecule has 0 fully saturated rings. The lowest BCUT2D eigenvalue weighted by molar-refractivity contribution is 0.413. The number of ether oxygens (including phenoxy) is 1. The van der Waals surface area contributed by atoms with Crippen LogP contribution in [0.25, 0.3) is 16.9 Å². The van der Waals surface area contributed by atoms with Crippen LogP contribution in [-0.4, -0.2) is 41.3 Å². The van der Waals surface area contributed by atoms with Gasteiger partial charge in [-0.15, -0.1) is 5.10 Å². The van der Waals surface area contributed by atoms with Crippen molar-refractivity contribution in [3.05, 3.63) is 54.0 Å². The van der Waals surface area contributed by atoms with Gasteiger partial charge in [0.25, 0.3) is 0 Å². The van der Waals surface area contributed by atoms with E-state index in [0.29, 0.717) is 29.8 Å². The molecule has 0 saturated carbocycles. The lowest BCUT2D eigenvalue weighted by atomic mass is 10.2. The van der Waals surface area contributed by atoms with Crippen molar-refractivity contribution in [2.45, 2.75) is 25.5 Å². The van der Waals surface area contributed by atoms with E-state index in [9.17, 15) is 17.2 Å². The molecule has 2 aromatic heterocycles. The second-order valence-corrected chi connectivity index (χ2v) is 8.66. The van der Waals surface area contributed by atoms with Crippen LogP contribution in [0, 0.1) is 11.6 Å². The number of benzene rings is 1. The normalized spacial score (nSPS) is 11.6. The number of aromatic nitrogens is 4. The minimum absolute atomic E-state index is 0.0496. The Kier molecular flexibility index (Phi) is 6.21. The topological polar surface area (TPSA) is 87.0 Å². The van der Waals surface area contributed by atoms with E-state index < -0.39 is 32.9 Å². The first-order valence-corrected chi connectivity index (χ1v) is 10.8. The van der Waals surface area contributed by atoms with Gasteiger partial charge in [0, 0.05) is 17.3 Å². The Morgan fingerprint density at radius 2 is 2.00 bits per heavy atom. The third-order valence-electron chi connectivity index (χ3n) is 4.30. The first kappa shape index (κ1) is 20.8. The van der Waals surface area contributed by atoms with Crippen LogP contribution < -0.4 is 4.74 Å².